The van der Waals surface area contributed by atoms with Crippen LogP contribution >= 0.6 is 0 Å². The zero-order valence-electron chi connectivity index (χ0n) is 11.7. The molecule has 3 heteroatoms. The van der Waals surface area contributed by atoms with E-state index in [1.54, 1.807) is 6.07 Å². The lowest BCUT2D eigenvalue weighted by atomic mass is 10.1. The van der Waals surface area contributed by atoms with Crippen LogP contribution in [0.1, 0.15) is 23.7 Å². The van der Waals surface area contributed by atoms with Crippen LogP contribution in [0.5, 0.6) is 0 Å². The summed E-state index contributed by atoms with van der Waals surface area (Å²) >= 11 is 0. The summed E-state index contributed by atoms with van der Waals surface area (Å²) in [6, 6.07) is 15.2. The molecular weight excluding hydrogens is 262 g/mol. The smallest absolute Gasteiger partial charge is 0.224 e. The minimum absolute atomic E-state index is 0.158. The van der Waals surface area contributed by atoms with E-state index in [1.807, 2.05) is 24.3 Å². The Morgan fingerprint density at radius 3 is 2.57 bits per heavy atom. The molecule has 3 nitrogen and oxygen atoms in total. The molecule has 0 aliphatic carbocycles. The zero-order chi connectivity index (χ0) is 14.7. The average Bonchev–Trinajstić information content (AvgIpc) is 2.83. The first-order valence-corrected chi connectivity index (χ1v) is 6.93. The van der Waals surface area contributed by atoms with E-state index in [2.05, 4.69) is 36.3 Å². The second kappa shape index (κ2) is 5.75. The second-order valence-electron chi connectivity index (χ2n) is 4.82. The van der Waals surface area contributed by atoms with Crippen LogP contribution in [0.4, 0.5) is 0 Å². The first kappa shape index (κ1) is 13.3. The summed E-state index contributed by atoms with van der Waals surface area (Å²) in [5.41, 5.74) is 3.20. The second-order valence-corrected chi connectivity index (χ2v) is 4.82. The molecule has 0 saturated carbocycles. The van der Waals surface area contributed by atoms with Crippen LogP contribution in [-0.2, 0) is 6.42 Å². The van der Waals surface area contributed by atoms with Crippen molar-refractivity contribution in [1.29, 1.82) is 0 Å². The highest BCUT2D eigenvalue weighted by Gasteiger charge is 2.06. The highest BCUT2D eigenvalue weighted by atomic mass is 16.5. The van der Waals surface area contributed by atoms with Gasteiger partial charge in [0.1, 0.15) is 5.69 Å². The minimum atomic E-state index is -0.158. The van der Waals surface area contributed by atoms with Crippen molar-refractivity contribution in [2.75, 3.05) is 0 Å². The molecule has 0 saturated heterocycles. The molecule has 3 aromatic rings. The standard InChI is InChI=1S/C18H15NO2/c1-2-13-7-9-14(10-8-13)11-12-16-15-5-3-4-6-17(20)18(15)21-19-16/h3-12H,2H2,1H3/b12-11+. The van der Waals surface area contributed by atoms with Crippen LogP contribution in [0.3, 0.4) is 0 Å². The highest BCUT2D eigenvalue weighted by molar-refractivity contribution is 5.87. The first-order valence-electron chi connectivity index (χ1n) is 6.93. The van der Waals surface area contributed by atoms with Gasteiger partial charge in [-0.1, -0.05) is 54.6 Å². The lowest BCUT2D eigenvalue weighted by Gasteiger charge is -1.96. The van der Waals surface area contributed by atoms with Crippen molar-refractivity contribution in [3.63, 3.8) is 0 Å². The first-order chi connectivity index (χ1) is 10.3. The summed E-state index contributed by atoms with van der Waals surface area (Å²) in [5.74, 6) is 0. The SMILES string of the molecule is CCc1ccc(/C=C/c2noc3c(=O)ccccc23)cc1. The summed E-state index contributed by atoms with van der Waals surface area (Å²) in [5, 5.41) is 4.70. The number of aromatic nitrogens is 1. The van der Waals surface area contributed by atoms with Gasteiger partial charge in [0.15, 0.2) is 0 Å². The highest BCUT2D eigenvalue weighted by Crippen LogP contribution is 2.17. The van der Waals surface area contributed by atoms with Gasteiger partial charge in [-0.05, 0) is 35.8 Å². The fourth-order valence-electron chi connectivity index (χ4n) is 2.18. The molecular formula is C18H15NO2. The molecule has 0 atom stereocenters. The van der Waals surface area contributed by atoms with Crippen molar-refractivity contribution in [3.05, 3.63) is 75.6 Å². The zero-order valence-corrected chi connectivity index (χ0v) is 11.7. The Morgan fingerprint density at radius 2 is 1.81 bits per heavy atom. The predicted octanol–water partition coefficient (Wildman–Crippen LogP) is 3.92. The summed E-state index contributed by atoms with van der Waals surface area (Å²) < 4.78 is 5.15. The Kier molecular flexibility index (Phi) is 3.65. The predicted molar refractivity (Wildman–Crippen MR) is 85.0 cm³/mol. The van der Waals surface area contributed by atoms with E-state index >= 15 is 0 Å². The van der Waals surface area contributed by atoms with Crippen LogP contribution in [0.2, 0.25) is 0 Å². The molecule has 1 heterocycles. The maximum absolute atomic E-state index is 11.8. The lowest BCUT2D eigenvalue weighted by molar-refractivity contribution is 0.453. The maximum atomic E-state index is 11.8. The topological polar surface area (TPSA) is 43.1 Å². The summed E-state index contributed by atoms with van der Waals surface area (Å²) in [4.78, 5) is 11.8. The Hall–Kier alpha value is -2.68. The van der Waals surface area contributed by atoms with E-state index in [0.717, 1.165) is 17.4 Å². The quantitative estimate of drug-likeness (QED) is 0.728. The minimum Gasteiger partial charge on any atom is -0.351 e. The number of rotatable bonds is 3. The molecule has 0 unspecified atom stereocenters. The van der Waals surface area contributed by atoms with E-state index < -0.39 is 0 Å². The van der Waals surface area contributed by atoms with Crippen LogP contribution in [-0.4, -0.2) is 5.16 Å². The van der Waals surface area contributed by atoms with Crippen molar-refractivity contribution in [2.24, 2.45) is 0 Å². The van der Waals surface area contributed by atoms with Gasteiger partial charge in [-0.25, -0.2) is 0 Å². The fraction of sp³-hybridized carbons (Fsp3) is 0.111. The third-order valence-electron chi connectivity index (χ3n) is 3.42. The van der Waals surface area contributed by atoms with Gasteiger partial charge in [0, 0.05) is 0 Å². The van der Waals surface area contributed by atoms with Gasteiger partial charge in [0.2, 0.25) is 11.0 Å². The number of aryl methyl sites for hydroxylation is 1. The van der Waals surface area contributed by atoms with Crippen LogP contribution < -0.4 is 5.43 Å². The molecule has 3 rings (SSSR count). The maximum Gasteiger partial charge on any atom is 0.224 e. The molecule has 0 N–H and O–H groups in total. The average molecular weight is 277 g/mol. The van der Waals surface area contributed by atoms with Crippen molar-refractivity contribution in [2.45, 2.75) is 13.3 Å². The Bertz CT molecular complexity index is 845. The summed E-state index contributed by atoms with van der Waals surface area (Å²) in [6.07, 6.45) is 4.86. The molecule has 0 amide bonds. The summed E-state index contributed by atoms with van der Waals surface area (Å²) in [6.45, 7) is 2.13. The number of benzene rings is 1. The molecule has 0 aliphatic heterocycles. The van der Waals surface area contributed by atoms with E-state index in [1.165, 1.54) is 11.6 Å². The van der Waals surface area contributed by atoms with Crippen molar-refractivity contribution < 1.29 is 4.52 Å². The largest absolute Gasteiger partial charge is 0.351 e. The lowest BCUT2D eigenvalue weighted by Crippen LogP contribution is -1.91. The number of hydrogen-bond donors (Lipinski definition) is 0. The van der Waals surface area contributed by atoms with Crippen molar-refractivity contribution in [3.8, 4) is 0 Å². The van der Waals surface area contributed by atoms with Gasteiger partial charge in [0.05, 0.1) is 5.39 Å². The van der Waals surface area contributed by atoms with Gasteiger partial charge in [-0.3, -0.25) is 4.79 Å². The third-order valence-corrected chi connectivity index (χ3v) is 3.42. The van der Waals surface area contributed by atoms with Crippen LogP contribution in [0.15, 0.2) is 57.8 Å². The number of hydrogen-bond acceptors (Lipinski definition) is 3. The fourth-order valence-corrected chi connectivity index (χ4v) is 2.18. The molecule has 0 aliphatic rings. The summed E-state index contributed by atoms with van der Waals surface area (Å²) in [7, 11) is 0. The third kappa shape index (κ3) is 2.77. The number of nitrogens with zero attached hydrogens (tertiary/aromatic N) is 1. The van der Waals surface area contributed by atoms with Gasteiger partial charge in [0.25, 0.3) is 0 Å². The molecule has 0 fully saturated rings. The van der Waals surface area contributed by atoms with Crippen LogP contribution in [0.25, 0.3) is 23.1 Å². The van der Waals surface area contributed by atoms with E-state index in [0.29, 0.717) is 11.3 Å². The molecule has 0 spiro atoms. The molecule has 1 aromatic heterocycles. The van der Waals surface area contributed by atoms with E-state index in [9.17, 15) is 4.79 Å². The van der Waals surface area contributed by atoms with Crippen molar-refractivity contribution in [1.82, 2.24) is 5.16 Å². The van der Waals surface area contributed by atoms with Gasteiger partial charge in [-0.2, -0.15) is 0 Å². The molecule has 0 bridgehead atoms. The van der Waals surface area contributed by atoms with Crippen LogP contribution in [0, 0.1) is 0 Å². The Morgan fingerprint density at radius 1 is 1.05 bits per heavy atom. The molecule has 0 radical (unpaired) electrons. The number of fused-ring (bicyclic) bond motifs is 1. The molecule has 2 aromatic carbocycles. The van der Waals surface area contributed by atoms with Gasteiger partial charge in [-0.15, -0.1) is 0 Å². The van der Waals surface area contributed by atoms with Gasteiger partial charge >= 0.3 is 0 Å². The van der Waals surface area contributed by atoms with Gasteiger partial charge < -0.3 is 4.52 Å². The Balaban J connectivity index is 1.98. The molecule has 104 valence electrons. The normalized spacial score (nSPS) is 11.3. The van der Waals surface area contributed by atoms with E-state index in [-0.39, 0.29) is 5.43 Å². The Labute approximate surface area is 122 Å². The van der Waals surface area contributed by atoms with E-state index in [4.69, 9.17) is 4.52 Å². The van der Waals surface area contributed by atoms with Crippen molar-refractivity contribution >= 4 is 23.1 Å². The monoisotopic (exact) mass is 277 g/mol. The molecule has 21 heavy (non-hydrogen) atoms.